The highest BCUT2D eigenvalue weighted by Crippen LogP contribution is 2.19. The quantitative estimate of drug-likeness (QED) is 0.628. The van der Waals surface area contributed by atoms with Gasteiger partial charge in [0.15, 0.2) is 0 Å². The van der Waals surface area contributed by atoms with Crippen LogP contribution in [0.4, 0.5) is 0 Å². The number of rotatable bonds is 8. The van der Waals surface area contributed by atoms with E-state index in [1.54, 1.807) is 0 Å². The third-order valence-corrected chi connectivity index (χ3v) is 3.25. The van der Waals surface area contributed by atoms with Crippen LogP contribution in [0.15, 0.2) is 0 Å². The van der Waals surface area contributed by atoms with Crippen molar-refractivity contribution in [3.05, 3.63) is 0 Å². The van der Waals surface area contributed by atoms with Gasteiger partial charge in [-0.2, -0.15) is 0 Å². The van der Waals surface area contributed by atoms with Crippen molar-refractivity contribution in [1.82, 2.24) is 0 Å². The zero-order chi connectivity index (χ0) is 10.9. The molecule has 0 aromatic carbocycles. The molecule has 1 aliphatic rings. The van der Waals surface area contributed by atoms with Crippen LogP contribution in [-0.4, -0.2) is 23.9 Å². The topological polar surface area (TPSA) is 29.5 Å². The zero-order valence-electron chi connectivity index (χ0n) is 10.1. The van der Waals surface area contributed by atoms with Gasteiger partial charge in [0.25, 0.3) is 0 Å². The van der Waals surface area contributed by atoms with Gasteiger partial charge in [-0.1, -0.05) is 45.4 Å². The normalized spacial score (nSPS) is 23.2. The standard InChI is InChI=1S/C13H26O2/c1-2-3-4-5-6-7-9-12(14)13-10-8-11-15-13/h12-14H,2-11H2,1H3. The first-order chi connectivity index (χ1) is 7.34. The minimum absolute atomic E-state index is 0.139. The second kappa shape index (κ2) is 8.12. The Morgan fingerprint density at radius 1 is 1.20 bits per heavy atom. The fourth-order valence-corrected chi connectivity index (χ4v) is 2.23. The number of aliphatic hydroxyl groups is 1. The van der Waals surface area contributed by atoms with Crippen LogP contribution in [0.1, 0.15) is 64.7 Å². The largest absolute Gasteiger partial charge is 0.390 e. The number of ether oxygens (including phenoxy) is 1. The van der Waals surface area contributed by atoms with Crippen LogP contribution in [0.2, 0.25) is 0 Å². The van der Waals surface area contributed by atoms with E-state index in [0.29, 0.717) is 0 Å². The Labute approximate surface area is 94.0 Å². The third-order valence-electron chi connectivity index (χ3n) is 3.25. The number of aliphatic hydroxyl groups excluding tert-OH is 1. The molecule has 1 heterocycles. The Kier molecular flexibility index (Phi) is 7.03. The molecule has 0 amide bonds. The monoisotopic (exact) mass is 214 g/mol. The minimum atomic E-state index is -0.210. The molecule has 1 rings (SSSR count). The van der Waals surface area contributed by atoms with Gasteiger partial charge in [-0.05, 0) is 19.3 Å². The summed E-state index contributed by atoms with van der Waals surface area (Å²) in [5.41, 5.74) is 0. The molecule has 2 heteroatoms. The Morgan fingerprint density at radius 3 is 2.60 bits per heavy atom. The van der Waals surface area contributed by atoms with E-state index in [2.05, 4.69) is 6.92 Å². The van der Waals surface area contributed by atoms with Gasteiger partial charge in [0, 0.05) is 6.61 Å². The molecule has 1 saturated heterocycles. The van der Waals surface area contributed by atoms with Gasteiger partial charge in [-0.15, -0.1) is 0 Å². The molecule has 2 atom stereocenters. The molecule has 2 nitrogen and oxygen atoms in total. The van der Waals surface area contributed by atoms with Crippen molar-refractivity contribution < 1.29 is 9.84 Å². The molecule has 1 aliphatic heterocycles. The van der Waals surface area contributed by atoms with Gasteiger partial charge in [-0.3, -0.25) is 0 Å². The molecule has 90 valence electrons. The van der Waals surface area contributed by atoms with Crippen molar-refractivity contribution in [2.75, 3.05) is 6.61 Å². The fraction of sp³-hybridized carbons (Fsp3) is 1.00. The lowest BCUT2D eigenvalue weighted by molar-refractivity contribution is -0.00636. The van der Waals surface area contributed by atoms with E-state index in [-0.39, 0.29) is 12.2 Å². The Hall–Kier alpha value is -0.0800. The Bertz CT molecular complexity index is 141. The molecule has 0 aromatic rings. The molecule has 0 aromatic heterocycles. The van der Waals surface area contributed by atoms with E-state index < -0.39 is 0 Å². The lowest BCUT2D eigenvalue weighted by Crippen LogP contribution is -2.24. The first-order valence-electron chi connectivity index (χ1n) is 6.64. The van der Waals surface area contributed by atoms with E-state index in [0.717, 1.165) is 32.3 Å². The number of unbranched alkanes of at least 4 members (excludes halogenated alkanes) is 5. The summed E-state index contributed by atoms with van der Waals surface area (Å²) in [6.45, 7) is 3.08. The van der Waals surface area contributed by atoms with E-state index in [1.807, 2.05) is 0 Å². The van der Waals surface area contributed by atoms with Crippen molar-refractivity contribution in [2.24, 2.45) is 0 Å². The molecule has 2 unspecified atom stereocenters. The average molecular weight is 214 g/mol. The summed E-state index contributed by atoms with van der Waals surface area (Å²) in [6, 6.07) is 0. The molecular weight excluding hydrogens is 188 g/mol. The van der Waals surface area contributed by atoms with Crippen molar-refractivity contribution in [1.29, 1.82) is 0 Å². The van der Waals surface area contributed by atoms with Gasteiger partial charge in [0.1, 0.15) is 0 Å². The summed E-state index contributed by atoms with van der Waals surface area (Å²) in [4.78, 5) is 0. The second-order valence-corrected chi connectivity index (χ2v) is 4.68. The highest BCUT2D eigenvalue weighted by Gasteiger charge is 2.23. The van der Waals surface area contributed by atoms with E-state index in [4.69, 9.17) is 4.74 Å². The summed E-state index contributed by atoms with van der Waals surface area (Å²) in [5, 5.41) is 9.83. The van der Waals surface area contributed by atoms with Crippen molar-refractivity contribution >= 4 is 0 Å². The van der Waals surface area contributed by atoms with Gasteiger partial charge in [-0.25, -0.2) is 0 Å². The van der Waals surface area contributed by atoms with Crippen molar-refractivity contribution in [2.45, 2.75) is 76.9 Å². The van der Waals surface area contributed by atoms with E-state index >= 15 is 0 Å². The molecule has 0 radical (unpaired) electrons. The van der Waals surface area contributed by atoms with Crippen LogP contribution < -0.4 is 0 Å². The maximum absolute atomic E-state index is 9.83. The summed E-state index contributed by atoms with van der Waals surface area (Å²) >= 11 is 0. The molecule has 0 aliphatic carbocycles. The van der Waals surface area contributed by atoms with Crippen LogP contribution >= 0.6 is 0 Å². The predicted octanol–water partition coefficient (Wildman–Crippen LogP) is 3.28. The van der Waals surface area contributed by atoms with E-state index in [1.165, 1.54) is 32.1 Å². The SMILES string of the molecule is CCCCCCCCC(O)C1CCCO1. The smallest absolute Gasteiger partial charge is 0.0834 e. The maximum atomic E-state index is 9.83. The van der Waals surface area contributed by atoms with Gasteiger partial charge >= 0.3 is 0 Å². The molecule has 0 spiro atoms. The molecule has 0 bridgehead atoms. The number of hydrogen-bond donors (Lipinski definition) is 1. The average Bonchev–Trinajstić information content (AvgIpc) is 2.76. The molecule has 1 N–H and O–H groups in total. The van der Waals surface area contributed by atoms with Gasteiger partial charge in [0.05, 0.1) is 12.2 Å². The van der Waals surface area contributed by atoms with Crippen LogP contribution in [0.5, 0.6) is 0 Å². The molecule has 0 saturated carbocycles. The Balaban J connectivity index is 1.90. The zero-order valence-corrected chi connectivity index (χ0v) is 10.1. The number of hydrogen-bond acceptors (Lipinski definition) is 2. The lowest BCUT2D eigenvalue weighted by atomic mass is 10.0. The van der Waals surface area contributed by atoms with Crippen LogP contribution in [0.3, 0.4) is 0 Å². The van der Waals surface area contributed by atoms with Crippen LogP contribution in [0, 0.1) is 0 Å². The van der Waals surface area contributed by atoms with Gasteiger partial charge in [0.2, 0.25) is 0 Å². The summed E-state index contributed by atoms with van der Waals surface area (Å²) < 4.78 is 5.46. The van der Waals surface area contributed by atoms with Gasteiger partial charge < -0.3 is 9.84 Å². The Morgan fingerprint density at radius 2 is 1.93 bits per heavy atom. The molecule has 15 heavy (non-hydrogen) atoms. The van der Waals surface area contributed by atoms with Crippen molar-refractivity contribution in [3.8, 4) is 0 Å². The third kappa shape index (κ3) is 5.53. The van der Waals surface area contributed by atoms with Crippen LogP contribution in [0.25, 0.3) is 0 Å². The minimum Gasteiger partial charge on any atom is -0.390 e. The first-order valence-corrected chi connectivity index (χ1v) is 6.64. The molecule has 1 fully saturated rings. The lowest BCUT2D eigenvalue weighted by Gasteiger charge is -2.16. The maximum Gasteiger partial charge on any atom is 0.0834 e. The second-order valence-electron chi connectivity index (χ2n) is 4.68. The molecular formula is C13H26O2. The fourth-order valence-electron chi connectivity index (χ4n) is 2.23. The van der Waals surface area contributed by atoms with Crippen molar-refractivity contribution in [3.63, 3.8) is 0 Å². The summed E-state index contributed by atoms with van der Waals surface area (Å²) in [6.07, 6.45) is 10.8. The first kappa shape index (κ1) is 13.0. The highest BCUT2D eigenvalue weighted by atomic mass is 16.5. The predicted molar refractivity (Wildman–Crippen MR) is 63.0 cm³/mol. The summed E-state index contributed by atoms with van der Waals surface area (Å²) in [7, 11) is 0. The van der Waals surface area contributed by atoms with E-state index in [9.17, 15) is 5.11 Å². The van der Waals surface area contributed by atoms with Crippen LogP contribution in [-0.2, 0) is 4.74 Å². The summed E-state index contributed by atoms with van der Waals surface area (Å²) in [5.74, 6) is 0. The highest BCUT2D eigenvalue weighted by molar-refractivity contribution is 4.73.